The first kappa shape index (κ1) is 30.8. The van der Waals surface area contributed by atoms with Gasteiger partial charge in [0.25, 0.3) is 0 Å². The molecule has 0 aliphatic carbocycles. The van der Waals surface area contributed by atoms with Crippen molar-refractivity contribution in [2.75, 3.05) is 0 Å². The molecule has 0 saturated heterocycles. The van der Waals surface area contributed by atoms with Crippen LogP contribution in [0.5, 0.6) is 5.75 Å². The number of phenolic OH excluding ortho intramolecular Hbond substituents is 1. The van der Waals surface area contributed by atoms with Gasteiger partial charge in [0.2, 0.25) is 23.6 Å². The number of aromatic hydroxyl groups is 1. The number of nitrogens with one attached hydrogen (secondary N) is 3. The molecule has 4 atom stereocenters. The van der Waals surface area contributed by atoms with Gasteiger partial charge in [-0.25, -0.2) is 4.79 Å². The van der Waals surface area contributed by atoms with Crippen LogP contribution in [0.1, 0.15) is 31.4 Å². The monoisotopic (exact) mass is 541 g/mol. The molecule has 39 heavy (non-hydrogen) atoms. The van der Waals surface area contributed by atoms with Crippen molar-refractivity contribution in [1.29, 1.82) is 0 Å². The quantitative estimate of drug-likeness (QED) is 0.166. The van der Waals surface area contributed by atoms with E-state index in [0.717, 1.165) is 0 Å². The molecule has 0 aliphatic rings. The van der Waals surface area contributed by atoms with Crippen molar-refractivity contribution >= 4 is 29.6 Å². The second kappa shape index (κ2) is 14.5. The van der Waals surface area contributed by atoms with Crippen molar-refractivity contribution in [3.8, 4) is 5.75 Å². The molecular weight excluding hydrogens is 506 g/mol. The number of hydrogen-bond donors (Lipinski definition) is 7. The van der Waals surface area contributed by atoms with E-state index >= 15 is 0 Å². The molecule has 0 heterocycles. The third-order valence-corrected chi connectivity index (χ3v) is 5.97. The summed E-state index contributed by atoms with van der Waals surface area (Å²) in [6, 6.07) is 9.60. The standard InChI is InChI=1S/C27H35N5O7/c1-15(2)23(29)26(37)31-19(12-16-6-4-3-5-7-16)24(35)30-20(14-22(28)34)25(36)32-21(27(38)39)13-17-8-10-18(33)11-9-17/h3-11,15,19-21,23,33H,12-14,29H2,1-2H3,(H2,28,34)(H,30,35)(H,31,37)(H,32,36)(H,38,39). The van der Waals surface area contributed by atoms with Crippen molar-refractivity contribution in [2.45, 2.75) is 57.3 Å². The molecule has 2 rings (SSSR count). The van der Waals surface area contributed by atoms with Gasteiger partial charge in [-0.3, -0.25) is 19.2 Å². The van der Waals surface area contributed by atoms with E-state index in [0.29, 0.717) is 11.1 Å². The summed E-state index contributed by atoms with van der Waals surface area (Å²) in [6.07, 6.45) is -0.675. The number of rotatable bonds is 14. The van der Waals surface area contributed by atoms with E-state index < -0.39 is 60.2 Å². The first-order valence-corrected chi connectivity index (χ1v) is 12.4. The molecule has 4 amide bonds. The fraction of sp³-hybridized carbons (Fsp3) is 0.370. The predicted molar refractivity (Wildman–Crippen MR) is 142 cm³/mol. The molecular formula is C27H35N5O7. The van der Waals surface area contributed by atoms with Crippen LogP contribution in [0.25, 0.3) is 0 Å². The molecule has 2 aromatic rings. The van der Waals surface area contributed by atoms with Gasteiger partial charge in [0, 0.05) is 12.8 Å². The number of phenols is 1. The maximum absolute atomic E-state index is 13.3. The Kier molecular flexibility index (Phi) is 11.4. The Morgan fingerprint density at radius 3 is 1.77 bits per heavy atom. The summed E-state index contributed by atoms with van der Waals surface area (Å²) in [5, 5.41) is 26.4. The Bertz CT molecular complexity index is 1150. The molecule has 9 N–H and O–H groups in total. The zero-order valence-corrected chi connectivity index (χ0v) is 21.8. The maximum Gasteiger partial charge on any atom is 0.326 e. The zero-order valence-electron chi connectivity index (χ0n) is 21.8. The van der Waals surface area contributed by atoms with Crippen LogP contribution in [0, 0.1) is 5.92 Å². The minimum absolute atomic E-state index is 0.00889. The Hall–Kier alpha value is -4.45. The molecule has 0 spiro atoms. The highest BCUT2D eigenvalue weighted by atomic mass is 16.4. The third-order valence-electron chi connectivity index (χ3n) is 5.97. The largest absolute Gasteiger partial charge is 0.508 e. The maximum atomic E-state index is 13.3. The topological polar surface area (TPSA) is 214 Å². The van der Waals surface area contributed by atoms with Crippen LogP contribution < -0.4 is 27.4 Å². The number of primary amides is 1. The lowest BCUT2D eigenvalue weighted by Crippen LogP contribution is -2.58. The molecule has 0 radical (unpaired) electrons. The van der Waals surface area contributed by atoms with Gasteiger partial charge in [0.05, 0.1) is 12.5 Å². The average Bonchev–Trinajstić information content (AvgIpc) is 2.88. The highest BCUT2D eigenvalue weighted by molar-refractivity contribution is 5.96. The van der Waals surface area contributed by atoms with E-state index in [1.807, 2.05) is 0 Å². The number of carboxylic acids is 1. The summed E-state index contributed by atoms with van der Waals surface area (Å²) in [5.41, 5.74) is 12.5. The lowest BCUT2D eigenvalue weighted by Gasteiger charge is -2.25. The van der Waals surface area contributed by atoms with Gasteiger partial charge in [0.1, 0.15) is 23.9 Å². The molecule has 2 aromatic carbocycles. The van der Waals surface area contributed by atoms with E-state index in [4.69, 9.17) is 11.5 Å². The van der Waals surface area contributed by atoms with Crippen molar-refractivity contribution in [1.82, 2.24) is 16.0 Å². The molecule has 0 bridgehead atoms. The van der Waals surface area contributed by atoms with Gasteiger partial charge in [-0.05, 0) is 29.2 Å². The number of carbonyl (C=O) groups is 5. The molecule has 0 fully saturated rings. The van der Waals surface area contributed by atoms with Crippen LogP contribution in [0.15, 0.2) is 54.6 Å². The van der Waals surface area contributed by atoms with Crippen molar-refractivity contribution < 1.29 is 34.2 Å². The van der Waals surface area contributed by atoms with E-state index in [9.17, 15) is 34.2 Å². The second-order valence-corrected chi connectivity index (χ2v) is 9.52. The fourth-order valence-electron chi connectivity index (χ4n) is 3.65. The van der Waals surface area contributed by atoms with Crippen molar-refractivity contribution in [2.24, 2.45) is 17.4 Å². The molecule has 210 valence electrons. The van der Waals surface area contributed by atoms with E-state index in [1.165, 1.54) is 24.3 Å². The minimum Gasteiger partial charge on any atom is -0.508 e. The summed E-state index contributed by atoms with van der Waals surface area (Å²) >= 11 is 0. The number of nitrogens with two attached hydrogens (primary N) is 2. The number of carboxylic acid groups (broad SMARTS) is 1. The van der Waals surface area contributed by atoms with Gasteiger partial charge >= 0.3 is 5.97 Å². The van der Waals surface area contributed by atoms with Crippen LogP contribution in [-0.2, 0) is 36.8 Å². The third kappa shape index (κ3) is 10.1. The second-order valence-electron chi connectivity index (χ2n) is 9.52. The van der Waals surface area contributed by atoms with Crippen LogP contribution in [0.2, 0.25) is 0 Å². The molecule has 4 unspecified atom stereocenters. The molecule has 0 aromatic heterocycles. The SMILES string of the molecule is CC(C)C(N)C(=O)NC(Cc1ccccc1)C(=O)NC(CC(N)=O)C(=O)NC(Cc1ccc(O)cc1)C(=O)O. The van der Waals surface area contributed by atoms with E-state index in [2.05, 4.69) is 16.0 Å². The van der Waals surface area contributed by atoms with E-state index in [-0.39, 0.29) is 24.5 Å². The Balaban J connectivity index is 2.23. The summed E-state index contributed by atoms with van der Waals surface area (Å²) in [7, 11) is 0. The molecule has 0 aliphatic heterocycles. The highest BCUT2D eigenvalue weighted by Crippen LogP contribution is 2.12. The zero-order chi connectivity index (χ0) is 29.1. The predicted octanol–water partition coefficient (Wildman–Crippen LogP) is -0.425. The number of carbonyl (C=O) groups excluding carboxylic acids is 4. The van der Waals surface area contributed by atoms with Gasteiger partial charge in [-0.15, -0.1) is 0 Å². The molecule has 12 heteroatoms. The van der Waals surface area contributed by atoms with Crippen LogP contribution in [0.4, 0.5) is 0 Å². The summed E-state index contributed by atoms with van der Waals surface area (Å²) in [4.78, 5) is 62.5. The lowest BCUT2D eigenvalue weighted by atomic mass is 10.0. The first-order chi connectivity index (χ1) is 18.4. The Labute approximate surface area is 226 Å². The van der Waals surface area contributed by atoms with E-state index in [1.54, 1.807) is 44.2 Å². The number of amides is 4. The minimum atomic E-state index is -1.51. The highest BCUT2D eigenvalue weighted by Gasteiger charge is 2.32. The summed E-state index contributed by atoms with van der Waals surface area (Å²) < 4.78 is 0. The fourth-order valence-corrected chi connectivity index (χ4v) is 3.65. The Morgan fingerprint density at radius 2 is 1.23 bits per heavy atom. The first-order valence-electron chi connectivity index (χ1n) is 12.4. The van der Waals surface area contributed by atoms with Crippen LogP contribution >= 0.6 is 0 Å². The smallest absolute Gasteiger partial charge is 0.326 e. The van der Waals surface area contributed by atoms with Crippen molar-refractivity contribution in [3.05, 3.63) is 65.7 Å². The van der Waals surface area contributed by atoms with Gasteiger partial charge in [-0.2, -0.15) is 0 Å². The van der Waals surface area contributed by atoms with Gasteiger partial charge in [-0.1, -0.05) is 56.3 Å². The lowest BCUT2D eigenvalue weighted by molar-refractivity contribution is -0.142. The van der Waals surface area contributed by atoms with Gasteiger partial charge in [0.15, 0.2) is 0 Å². The Morgan fingerprint density at radius 1 is 0.744 bits per heavy atom. The summed E-state index contributed by atoms with van der Waals surface area (Å²) in [6.45, 7) is 3.50. The molecule has 12 nitrogen and oxygen atoms in total. The van der Waals surface area contributed by atoms with Crippen molar-refractivity contribution in [3.63, 3.8) is 0 Å². The number of hydrogen-bond acceptors (Lipinski definition) is 7. The van der Waals surface area contributed by atoms with Gasteiger partial charge < -0.3 is 37.6 Å². The number of benzene rings is 2. The van der Waals surface area contributed by atoms with Crippen LogP contribution in [0.3, 0.4) is 0 Å². The number of aliphatic carboxylic acids is 1. The summed E-state index contributed by atoms with van der Waals surface area (Å²) in [5.74, 6) is -4.78. The molecule has 0 saturated carbocycles. The van der Waals surface area contributed by atoms with Crippen LogP contribution in [-0.4, -0.2) is 64.0 Å². The average molecular weight is 542 g/mol. The normalized spacial score (nSPS) is 13.9.